The third kappa shape index (κ3) is 10.1. The van der Waals surface area contributed by atoms with E-state index in [0.717, 1.165) is 18.2 Å². The van der Waals surface area contributed by atoms with Gasteiger partial charge in [0.1, 0.15) is 35.2 Å². The van der Waals surface area contributed by atoms with Crippen LogP contribution in [0.2, 0.25) is 0 Å². The quantitative estimate of drug-likeness (QED) is 0.0553. The number of benzene rings is 7. The fourth-order valence-electron chi connectivity index (χ4n) is 7.70. The Labute approximate surface area is 434 Å². The molecule has 0 fully saturated rings. The van der Waals surface area contributed by atoms with Crippen LogP contribution in [0.4, 0.5) is 0 Å². The van der Waals surface area contributed by atoms with E-state index in [1.54, 1.807) is 30.3 Å². The predicted molar refractivity (Wildman–Crippen MR) is 253 cm³/mol. The van der Waals surface area contributed by atoms with Gasteiger partial charge in [-0.05, 0) is 121 Å². The summed E-state index contributed by atoms with van der Waals surface area (Å²) in [5.41, 5.74) is 0.173. The van der Waals surface area contributed by atoms with E-state index < -0.39 is 77.6 Å². The van der Waals surface area contributed by atoms with E-state index in [1.165, 1.54) is 97.1 Å². The first-order valence-electron chi connectivity index (χ1n) is 22.4. The average Bonchev–Trinajstić information content (AvgIpc) is 4.12. The van der Waals surface area contributed by atoms with Gasteiger partial charge in [0, 0.05) is 0 Å². The maximum atomic E-state index is 13.2. The zero-order valence-corrected chi connectivity index (χ0v) is 39.0. The highest BCUT2D eigenvalue weighted by Gasteiger charge is 2.34. The van der Waals surface area contributed by atoms with Gasteiger partial charge in [0.25, 0.3) is 0 Å². The van der Waals surface area contributed by atoms with Crippen molar-refractivity contribution in [2.45, 2.75) is 6.61 Å². The molecular formula is C56H26O22. The Kier molecular flexibility index (Phi) is 13.1. The van der Waals surface area contributed by atoms with E-state index in [1.807, 2.05) is 0 Å². The largest absolute Gasteiger partial charge is 0.457 e. The number of fused-ring (bicyclic) bond motifs is 4. The number of cyclic esters (lactones) is 8. The van der Waals surface area contributed by atoms with Crippen LogP contribution < -0.4 is 18.9 Å². The molecule has 0 unspecified atom stereocenters. The minimum Gasteiger partial charge on any atom is -0.457 e. The molecule has 0 bridgehead atoms. The molecule has 0 N–H and O–H groups in total. The highest BCUT2D eigenvalue weighted by atomic mass is 16.6. The summed E-state index contributed by atoms with van der Waals surface area (Å²) in [4.78, 5) is 157. The van der Waals surface area contributed by atoms with Crippen molar-refractivity contribution in [2.75, 3.05) is 0 Å². The molecule has 0 radical (unpaired) electrons. The predicted octanol–water partition coefficient (Wildman–Crippen LogP) is 6.85. The molecule has 0 spiro atoms. The van der Waals surface area contributed by atoms with Crippen LogP contribution in [0.1, 0.15) is 140 Å². The summed E-state index contributed by atoms with van der Waals surface area (Å²) in [6, 6.07) is 32.8. The molecule has 22 nitrogen and oxygen atoms in total. The first kappa shape index (κ1) is 50.0. The summed E-state index contributed by atoms with van der Waals surface area (Å²) in [7, 11) is 0. The molecule has 22 heteroatoms. The fraction of sp³-hybridized carbons (Fsp3) is 0.0179. The number of carbonyl (C=O) groups is 13. The number of hydrogen-bond donors (Lipinski definition) is 0. The van der Waals surface area contributed by atoms with Crippen molar-refractivity contribution in [3.05, 3.63) is 223 Å². The van der Waals surface area contributed by atoms with Gasteiger partial charge in [-0.25, -0.2) is 62.3 Å². The van der Waals surface area contributed by atoms with Crippen molar-refractivity contribution < 1.29 is 105 Å². The molecule has 382 valence electrons. The molecule has 78 heavy (non-hydrogen) atoms. The maximum absolute atomic E-state index is 13.2. The second kappa shape index (κ2) is 20.4. The van der Waals surface area contributed by atoms with Crippen molar-refractivity contribution in [3.8, 4) is 23.0 Å². The third-order valence-corrected chi connectivity index (χ3v) is 11.6. The minimum absolute atomic E-state index is 0.00485. The Bertz CT molecular complexity index is 3780. The number of hydrogen-bond acceptors (Lipinski definition) is 22. The normalized spacial score (nSPS) is 13.3. The number of ether oxygens (including phenoxy) is 9. The van der Waals surface area contributed by atoms with Crippen LogP contribution in [0.5, 0.6) is 23.0 Å². The van der Waals surface area contributed by atoms with Crippen LogP contribution in [0.25, 0.3) is 0 Å². The number of carbonyl (C=O) groups excluding carboxylic acids is 13. The van der Waals surface area contributed by atoms with Gasteiger partial charge in [0.05, 0.1) is 66.8 Å². The van der Waals surface area contributed by atoms with Gasteiger partial charge < -0.3 is 42.6 Å². The molecule has 0 saturated carbocycles. The van der Waals surface area contributed by atoms with E-state index in [0.29, 0.717) is 5.56 Å². The van der Waals surface area contributed by atoms with Crippen molar-refractivity contribution in [2.24, 2.45) is 0 Å². The molecule has 4 aliphatic heterocycles. The van der Waals surface area contributed by atoms with E-state index >= 15 is 0 Å². The second-order valence-corrected chi connectivity index (χ2v) is 16.5. The third-order valence-electron chi connectivity index (χ3n) is 11.6. The van der Waals surface area contributed by atoms with Crippen LogP contribution in [0.15, 0.2) is 146 Å². The summed E-state index contributed by atoms with van der Waals surface area (Å²) < 4.78 is 44.7. The number of rotatable bonds is 11. The summed E-state index contributed by atoms with van der Waals surface area (Å²) in [6.07, 6.45) is 0. The smallest absolute Gasteiger partial charge is 0.346 e. The van der Waals surface area contributed by atoms with Gasteiger partial charge in [0.15, 0.2) is 0 Å². The van der Waals surface area contributed by atoms with Crippen LogP contribution in [0.3, 0.4) is 0 Å². The van der Waals surface area contributed by atoms with Crippen LogP contribution >= 0.6 is 0 Å². The van der Waals surface area contributed by atoms with E-state index in [-0.39, 0.29) is 102 Å². The van der Waals surface area contributed by atoms with E-state index in [2.05, 4.69) is 18.9 Å². The van der Waals surface area contributed by atoms with Gasteiger partial charge >= 0.3 is 77.6 Å². The SMILES string of the molecule is O=C(Oc1ccc(OC(=O)c2ccc3c(c2)C(=O)OC3=O)c(C(=O)OCc2ccccc2)c1)c1ccc2c(c1)C(=O)OC2=O.O=C(Oc1ccc(OC(=O)c2ccc3c(c2)C(=O)OC3=O)cc1)c1ccc2c(c1)C(=O)OC2=O. The Balaban J connectivity index is 0.000000182. The molecule has 0 aromatic heterocycles. The van der Waals surface area contributed by atoms with E-state index in [4.69, 9.17) is 23.7 Å². The molecule has 4 aliphatic rings. The summed E-state index contributed by atoms with van der Waals surface area (Å²) >= 11 is 0. The van der Waals surface area contributed by atoms with Gasteiger partial charge in [-0.1, -0.05) is 30.3 Å². The zero-order valence-electron chi connectivity index (χ0n) is 39.0. The average molecular weight is 1050 g/mol. The maximum Gasteiger partial charge on any atom is 0.346 e. The molecule has 0 aliphatic carbocycles. The highest BCUT2D eigenvalue weighted by molar-refractivity contribution is 6.18. The molecule has 0 saturated heterocycles. The lowest BCUT2D eigenvalue weighted by Crippen LogP contribution is -2.15. The van der Waals surface area contributed by atoms with E-state index in [9.17, 15) is 62.3 Å². The number of esters is 13. The summed E-state index contributed by atoms with van der Waals surface area (Å²) in [6.45, 7) is -0.123. The van der Waals surface area contributed by atoms with Crippen LogP contribution in [-0.4, -0.2) is 77.6 Å². The fourth-order valence-corrected chi connectivity index (χ4v) is 7.70. The van der Waals surface area contributed by atoms with Crippen molar-refractivity contribution >= 4 is 77.6 Å². The second-order valence-electron chi connectivity index (χ2n) is 16.5. The first-order valence-corrected chi connectivity index (χ1v) is 22.4. The molecule has 11 rings (SSSR count). The zero-order chi connectivity index (χ0) is 54.9. The molecule has 0 amide bonds. The molecular weight excluding hydrogens is 1020 g/mol. The van der Waals surface area contributed by atoms with Crippen molar-refractivity contribution in [3.63, 3.8) is 0 Å². The lowest BCUT2D eigenvalue weighted by molar-refractivity contribution is 0.0425. The van der Waals surface area contributed by atoms with Gasteiger partial charge in [0.2, 0.25) is 0 Å². The lowest BCUT2D eigenvalue weighted by Gasteiger charge is -2.13. The van der Waals surface area contributed by atoms with Crippen LogP contribution in [-0.2, 0) is 30.3 Å². The molecule has 0 atom stereocenters. The standard InChI is InChI=1S/C32H16O12.C24H10O10/c33-26(17-6-9-20-22(12-17)31(38)43-29(20)36)41-19-8-11-25(24(14-19)28(35)40-15-16-4-2-1-3-5-16)42-27(34)18-7-10-21-23(13-18)32(39)44-30(21)37;25-19(11-1-7-15-17(9-11)23(29)33-21(15)27)31-13-3-5-14(6-4-13)32-20(26)12-2-8-16-18(10-12)24(30)34-22(16)28/h1-14H,15H2;1-10H. The monoisotopic (exact) mass is 1050 g/mol. The Morgan fingerprint density at radius 2 is 0.628 bits per heavy atom. The topological polar surface area (TPSA) is 305 Å². The molecule has 7 aromatic carbocycles. The first-order chi connectivity index (χ1) is 37.5. The Morgan fingerprint density at radius 3 is 1.00 bits per heavy atom. The van der Waals surface area contributed by atoms with Gasteiger partial charge in [-0.3, -0.25) is 0 Å². The van der Waals surface area contributed by atoms with Gasteiger partial charge in [-0.15, -0.1) is 0 Å². The minimum atomic E-state index is -0.971. The van der Waals surface area contributed by atoms with Crippen molar-refractivity contribution in [1.82, 2.24) is 0 Å². The lowest BCUT2D eigenvalue weighted by atomic mass is 10.1. The summed E-state index contributed by atoms with van der Waals surface area (Å²) in [5.74, 6) is -11.2. The molecule has 4 heterocycles. The molecule has 7 aromatic rings. The highest BCUT2D eigenvalue weighted by Crippen LogP contribution is 2.31. The Morgan fingerprint density at radius 1 is 0.308 bits per heavy atom. The van der Waals surface area contributed by atoms with Gasteiger partial charge in [-0.2, -0.15) is 0 Å². The van der Waals surface area contributed by atoms with Crippen molar-refractivity contribution in [1.29, 1.82) is 0 Å². The van der Waals surface area contributed by atoms with Crippen LogP contribution in [0, 0.1) is 0 Å². The Hall–Kier alpha value is -11.6. The summed E-state index contributed by atoms with van der Waals surface area (Å²) in [5, 5.41) is 0.